The number of hydrogen-bond acceptors (Lipinski definition) is 6. The lowest BCUT2D eigenvalue weighted by atomic mass is 10.2. The van der Waals surface area contributed by atoms with Crippen molar-refractivity contribution >= 4 is 11.7 Å². The summed E-state index contributed by atoms with van der Waals surface area (Å²) in [7, 11) is 1.28. The van der Waals surface area contributed by atoms with Crippen LogP contribution in [0.15, 0.2) is 18.2 Å². The minimum Gasteiger partial charge on any atom is -0.490 e. The maximum Gasteiger partial charge on any atom is 0.322 e. The number of carbonyl (C=O) groups is 1. The van der Waals surface area contributed by atoms with Crippen molar-refractivity contribution in [2.24, 2.45) is 0 Å². The van der Waals surface area contributed by atoms with Crippen molar-refractivity contribution in [3.63, 3.8) is 0 Å². The Kier molecular flexibility index (Phi) is 6.54. The average molecular weight is 300 g/mol. The summed E-state index contributed by atoms with van der Waals surface area (Å²) < 4.78 is 23.4. The summed E-state index contributed by atoms with van der Waals surface area (Å²) >= 11 is 0. The molecule has 0 aliphatic rings. The molecule has 1 aromatic rings. The number of carbonyl (C=O) groups excluding carboxylic acids is 1. The molecular formula is C13H17FN2O5. The zero-order valence-corrected chi connectivity index (χ0v) is 11.8. The van der Waals surface area contributed by atoms with Gasteiger partial charge in [0.05, 0.1) is 24.7 Å². The minimum atomic E-state index is -0.817. The minimum absolute atomic E-state index is 0.0709. The van der Waals surface area contributed by atoms with Gasteiger partial charge in [-0.2, -0.15) is 0 Å². The standard InChI is InChI=1S/C13H17FN2O5/c1-3-15-11(13(17)20-2)6-7-21-12-5-4-9(16(18)19)8-10(12)14/h4-5,8,11,15H,3,6-7H2,1-2H3. The number of halogens is 1. The number of benzene rings is 1. The van der Waals surface area contributed by atoms with Crippen molar-refractivity contribution in [3.05, 3.63) is 34.1 Å². The largest absolute Gasteiger partial charge is 0.490 e. The van der Waals surface area contributed by atoms with E-state index in [1.165, 1.54) is 13.2 Å². The zero-order chi connectivity index (χ0) is 15.8. The van der Waals surface area contributed by atoms with E-state index >= 15 is 0 Å². The van der Waals surface area contributed by atoms with Gasteiger partial charge in [0.25, 0.3) is 5.69 Å². The van der Waals surface area contributed by atoms with Crippen LogP contribution in [0.2, 0.25) is 0 Å². The highest BCUT2D eigenvalue weighted by Crippen LogP contribution is 2.22. The molecule has 0 radical (unpaired) electrons. The van der Waals surface area contributed by atoms with E-state index in [-0.39, 0.29) is 24.5 Å². The molecule has 0 amide bonds. The van der Waals surface area contributed by atoms with Crippen molar-refractivity contribution in [3.8, 4) is 5.75 Å². The molecule has 0 saturated carbocycles. The SMILES string of the molecule is CCNC(CCOc1ccc([N+](=O)[O-])cc1F)C(=O)OC. The van der Waals surface area contributed by atoms with Gasteiger partial charge in [0.2, 0.25) is 0 Å². The number of nitro groups is 1. The molecule has 0 aromatic heterocycles. The summed E-state index contributed by atoms with van der Waals surface area (Å²) in [5.41, 5.74) is -0.347. The Morgan fingerprint density at radius 3 is 2.76 bits per heavy atom. The Hall–Kier alpha value is -2.22. The van der Waals surface area contributed by atoms with Crippen LogP contribution in [0.1, 0.15) is 13.3 Å². The van der Waals surface area contributed by atoms with Gasteiger partial charge < -0.3 is 14.8 Å². The third-order valence-electron chi connectivity index (χ3n) is 2.73. The van der Waals surface area contributed by atoms with E-state index in [1.807, 2.05) is 6.92 Å². The van der Waals surface area contributed by atoms with Crippen LogP contribution in [0, 0.1) is 15.9 Å². The van der Waals surface area contributed by atoms with Crippen LogP contribution in [-0.4, -0.2) is 37.2 Å². The molecule has 0 heterocycles. The lowest BCUT2D eigenvalue weighted by Gasteiger charge is -2.15. The number of likely N-dealkylation sites (N-methyl/N-ethyl adjacent to an activating group) is 1. The molecule has 0 aliphatic heterocycles. The highest BCUT2D eigenvalue weighted by Gasteiger charge is 2.18. The van der Waals surface area contributed by atoms with Gasteiger partial charge in [-0.15, -0.1) is 0 Å². The summed E-state index contributed by atoms with van der Waals surface area (Å²) in [5.74, 6) is -1.34. The summed E-state index contributed by atoms with van der Waals surface area (Å²) in [5, 5.41) is 13.4. The number of ether oxygens (including phenoxy) is 2. The third-order valence-corrected chi connectivity index (χ3v) is 2.73. The molecule has 1 unspecified atom stereocenters. The number of nitrogens with zero attached hydrogens (tertiary/aromatic N) is 1. The molecule has 1 N–H and O–H groups in total. The first-order valence-corrected chi connectivity index (χ1v) is 6.37. The van der Waals surface area contributed by atoms with Crippen molar-refractivity contribution in [1.29, 1.82) is 0 Å². The van der Waals surface area contributed by atoms with Crippen molar-refractivity contribution in [2.45, 2.75) is 19.4 Å². The molecule has 8 heteroatoms. The van der Waals surface area contributed by atoms with Crippen molar-refractivity contribution in [2.75, 3.05) is 20.3 Å². The van der Waals surface area contributed by atoms with E-state index in [0.717, 1.165) is 12.1 Å². The average Bonchev–Trinajstić information content (AvgIpc) is 2.46. The molecule has 0 spiro atoms. The number of nitro benzene ring substituents is 1. The zero-order valence-electron chi connectivity index (χ0n) is 11.8. The number of rotatable bonds is 8. The van der Waals surface area contributed by atoms with Crippen LogP contribution in [-0.2, 0) is 9.53 Å². The number of non-ortho nitro benzene ring substituents is 1. The molecule has 1 rings (SSSR count). The van der Waals surface area contributed by atoms with E-state index < -0.39 is 22.8 Å². The van der Waals surface area contributed by atoms with E-state index in [9.17, 15) is 19.3 Å². The summed E-state index contributed by atoms with van der Waals surface area (Å²) in [4.78, 5) is 21.2. The molecule has 1 atom stereocenters. The fourth-order valence-corrected chi connectivity index (χ4v) is 1.70. The molecule has 0 bridgehead atoms. The van der Waals surface area contributed by atoms with Crippen LogP contribution in [0.5, 0.6) is 5.75 Å². The molecule has 21 heavy (non-hydrogen) atoms. The first-order chi connectivity index (χ1) is 9.99. The van der Waals surface area contributed by atoms with Gasteiger partial charge in [0.15, 0.2) is 11.6 Å². The molecular weight excluding hydrogens is 283 g/mol. The predicted molar refractivity (Wildman–Crippen MR) is 72.6 cm³/mol. The maximum absolute atomic E-state index is 13.6. The number of methoxy groups -OCH3 is 1. The highest BCUT2D eigenvalue weighted by molar-refractivity contribution is 5.75. The van der Waals surface area contributed by atoms with Crippen molar-refractivity contribution < 1.29 is 23.6 Å². The van der Waals surface area contributed by atoms with E-state index in [2.05, 4.69) is 10.1 Å². The van der Waals surface area contributed by atoms with Gasteiger partial charge in [-0.1, -0.05) is 6.92 Å². The second-order valence-corrected chi connectivity index (χ2v) is 4.14. The first-order valence-electron chi connectivity index (χ1n) is 6.37. The lowest BCUT2D eigenvalue weighted by Crippen LogP contribution is -2.38. The molecule has 1 aromatic carbocycles. The predicted octanol–water partition coefficient (Wildman–Crippen LogP) is 1.65. The van der Waals surface area contributed by atoms with Gasteiger partial charge in [-0.3, -0.25) is 14.9 Å². The first kappa shape index (κ1) is 16.8. The Labute approximate surface area is 121 Å². The van der Waals surface area contributed by atoms with Crippen LogP contribution in [0.25, 0.3) is 0 Å². The van der Waals surface area contributed by atoms with Gasteiger partial charge in [0.1, 0.15) is 6.04 Å². The molecule has 7 nitrogen and oxygen atoms in total. The van der Waals surface area contributed by atoms with Gasteiger partial charge in [-0.25, -0.2) is 4.39 Å². The summed E-state index contributed by atoms with van der Waals surface area (Å²) in [6.45, 7) is 2.49. The van der Waals surface area contributed by atoms with E-state index in [4.69, 9.17) is 4.74 Å². The van der Waals surface area contributed by atoms with Crippen LogP contribution < -0.4 is 10.1 Å². The van der Waals surface area contributed by atoms with Crippen molar-refractivity contribution in [1.82, 2.24) is 5.32 Å². The lowest BCUT2D eigenvalue weighted by molar-refractivity contribution is -0.385. The van der Waals surface area contributed by atoms with E-state index in [1.54, 1.807) is 0 Å². The molecule has 0 fully saturated rings. The fourth-order valence-electron chi connectivity index (χ4n) is 1.70. The molecule has 116 valence electrons. The van der Waals surface area contributed by atoms with Gasteiger partial charge >= 0.3 is 5.97 Å². The van der Waals surface area contributed by atoms with Gasteiger partial charge in [0, 0.05) is 12.5 Å². The second-order valence-electron chi connectivity index (χ2n) is 4.14. The second kappa shape index (κ2) is 8.15. The topological polar surface area (TPSA) is 90.7 Å². The molecule has 0 aliphatic carbocycles. The van der Waals surface area contributed by atoms with Crippen LogP contribution >= 0.6 is 0 Å². The number of nitrogens with one attached hydrogen (secondary N) is 1. The Bertz CT molecular complexity index is 509. The summed E-state index contributed by atoms with van der Waals surface area (Å²) in [6.07, 6.45) is 0.289. The van der Waals surface area contributed by atoms with Gasteiger partial charge in [-0.05, 0) is 12.6 Å². The number of hydrogen-bond donors (Lipinski definition) is 1. The highest BCUT2D eigenvalue weighted by atomic mass is 19.1. The number of esters is 1. The fraction of sp³-hybridized carbons (Fsp3) is 0.462. The quantitative estimate of drug-likeness (QED) is 0.446. The van der Waals surface area contributed by atoms with Crippen LogP contribution in [0.4, 0.5) is 10.1 Å². The maximum atomic E-state index is 13.6. The Morgan fingerprint density at radius 2 is 2.24 bits per heavy atom. The third kappa shape index (κ3) is 4.99. The Morgan fingerprint density at radius 1 is 1.52 bits per heavy atom. The normalized spacial score (nSPS) is 11.8. The van der Waals surface area contributed by atoms with Crippen LogP contribution in [0.3, 0.4) is 0 Å². The monoisotopic (exact) mass is 300 g/mol. The van der Waals surface area contributed by atoms with E-state index in [0.29, 0.717) is 6.54 Å². The smallest absolute Gasteiger partial charge is 0.322 e. The summed E-state index contributed by atoms with van der Waals surface area (Å²) in [6, 6.07) is 2.59. The Balaban J connectivity index is 2.58. The molecule has 0 saturated heterocycles.